The molecule has 0 saturated carbocycles. The van der Waals surface area contributed by atoms with Crippen molar-refractivity contribution in [1.29, 1.82) is 0 Å². The quantitative estimate of drug-likeness (QED) is 0.267. The predicted molar refractivity (Wildman–Crippen MR) is 124 cm³/mol. The zero-order valence-electron chi connectivity index (χ0n) is 17.2. The van der Waals surface area contributed by atoms with Gasteiger partial charge in [0, 0.05) is 39.4 Å². The van der Waals surface area contributed by atoms with Crippen LogP contribution in [0.4, 0.5) is 5.69 Å². The van der Waals surface area contributed by atoms with E-state index in [9.17, 15) is 4.79 Å². The van der Waals surface area contributed by atoms with Crippen LogP contribution in [-0.2, 0) is 16.0 Å². The van der Waals surface area contributed by atoms with E-state index >= 15 is 0 Å². The van der Waals surface area contributed by atoms with Crippen LogP contribution in [0.25, 0.3) is 0 Å². The summed E-state index contributed by atoms with van der Waals surface area (Å²) < 4.78 is 5.76. The van der Waals surface area contributed by atoms with Gasteiger partial charge in [-0.1, -0.05) is 26.0 Å². The summed E-state index contributed by atoms with van der Waals surface area (Å²) in [6, 6.07) is 7.89. The molecule has 1 aromatic carbocycles. The summed E-state index contributed by atoms with van der Waals surface area (Å²) in [5.74, 6) is 1.25. The molecule has 3 N–H and O–H groups in total. The molecule has 0 aliphatic rings. The summed E-state index contributed by atoms with van der Waals surface area (Å²) in [5, 5.41) is 9.44. The minimum atomic E-state index is -0.0571. The molecular weight excluding hydrogens is 455 g/mol. The van der Waals surface area contributed by atoms with Gasteiger partial charge in [-0.05, 0) is 43.4 Å². The standard InChI is InChI=1S/C20H34N4O2.HI/c1-6-26-19(15(2)3)12-14-23-20(21-5)22-13-11-17-7-9-18(10-8-17)24-16(4)25;/h7-10,15,19H,6,11-14H2,1-5H3,(H,24,25)(H2,21,22,23);1H. The SMILES string of the molecule is CCOC(CCNC(=NC)NCCc1ccc(NC(C)=O)cc1)C(C)C.I. The number of aliphatic imine (C=N–C) groups is 1. The van der Waals surface area contributed by atoms with Gasteiger partial charge in [-0.25, -0.2) is 0 Å². The third-order valence-electron chi connectivity index (χ3n) is 4.05. The molecule has 0 spiro atoms. The van der Waals surface area contributed by atoms with Crippen molar-refractivity contribution in [3.8, 4) is 0 Å². The average Bonchev–Trinajstić information content (AvgIpc) is 2.60. The highest BCUT2D eigenvalue weighted by Gasteiger charge is 2.12. The Hall–Kier alpha value is -1.35. The van der Waals surface area contributed by atoms with Crippen molar-refractivity contribution in [1.82, 2.24) is 10.6 Å². The number of guanidine groups is 1. The molecule has 1 aromatic rings. The summed E-state index contributed by atoms with van der Waals surface area (Å²) in [7, 11) is 1.78. The van der Waals surface area contributed by atoms with Gasteiger partial charge in [0.05, 0.1) is 6.10 Å². The number of carbonyl (C=O) groups is 1. The van der Waals surface area contributed by atoms with E-state index in [1.54, 1.807) is 7.05 Å². The maximum Gasteiger partial charge on any atom is 0.221 e. The molecule has 1 unspecified atom stereocenters. The Kier molecular flexibility index (Phi) is 13.9. The summed E-state index contributed by atoms with van der Waals surface area (Å²) in [5.41, 5.74) is 2.03. The fraction of sp³-hybridized carbons (Fsp3) is 0.600. The van der Waals surface area contributed by atoms with Crippen LogP contribution in [-0.4, -0.2) is 44.7 Å². The van der Waals surface area contributed by atoms with Gasteiger partial charge in [0.2, 0.25) is 5.91 Å². The fourth-order valence-electron chi connectivity index (χ4n) is 2.66. The van der Waals surface area contributed by atoms with Gasteiger partial charge < -0.3 is 20.7 Å². The van der Waals surface area contributed by atoms with Gasteiger partial charge in [0.1, 0.15) is 0 Å². The van der Waals surface area contributed by atoms with Crippen molar-refractivity contribution in [3.63, 3.8) is 0 Å². The number of ether oxygens (including phenoxy) is 1. The van der Waals surface area contributed by atoms with Crippen LogP contribution in [0.1, 0.15) is 39.7 Å². The van der Waals surface area contributed by atoms with Crippen LogP contribution in [0, 0.1) is 5.92 Å². The minimum absolute atomic E-state index is 0. The Labute approximate surface area is 181 Å². The van der Waals surface area contributed by atoms with E-state index in [2.05, 4.69) is 34.8 Å². The average molecular weight is 490 g/mol. The highest BCUT2D eigenvalue weighted by Crippen LogP contribution is 2.10. The number of rotatable bonds is 10. The topological polar surface area (TPSA) is 74.8 Å². The first-order chi connectivity index (χ1) is 12.5. The summed E-state index contributed by atoms with van der Waals surface area (Å²) in [4.78, 5) is 15.3. The van der Waals surface area contributed by atoms with Crippen molar-refractivity contribution < 1.29 is 9.53 Å². The molecule has 0 fully saturated rings. The Morgan fingerprint density at radius 2 is 1.78 bits per heavy atom. The monoisotopic (exact) mass is 490 g/mol. The van der Waals surface area contributed by atoms with E-state index < -0.39 is 0 Å². The largest absolute Gasteiger partial charge is 0.378 e. The molecule has 0 saturated heterocycles. The number of hydrogen-bond acceptors (Lipinski definition) is 3. The maximum atomic E-state index is 11.0. The van der Waals surface area contributed by atoms with Gasteiger partial charge in [0.25, 0.3) is 0 Å². The number of carbonyl (C=O) groups excluding carboxylic acids is 1. The highest BCUT2D eigenvalue weighted by molar-refractivity contribution is 14.0. The lowest BCUT2D eigenvalue weighted by atomic mass is 10.0. The lowest BCUT2D eigenvalue weighted by Gasteiger charge is -2.21. The van der Waals surface area contributed by atoms with Gasteiger partial charge in [-0.2, -0.15) is 0 Å². The molecule has 1 amide bonds. The van der Waals surface area contributed by atoms with Gasteiger partial charge in [-0.15, -0.1) is 24.0 Å². The third kappa shape index (κ3) is 11.2. The van der Waals surface area contributed by atoms with Crippen LogP contribution in [0.15, 0.2) is 29.3 Å². The van der Waals surface area contributed by atoms with Crippen molar-refractivity contribution in [2.45, 2.75) is 46.6 Å². The van der Waals surface area contributed by atoms with Gasteiger partial charge in [-0.3, -0.25) is 9.79 Å². The van der Waals surface area contributed by atoms with Crippen molar-refractivity contribution in [2.75, 3.05) is 32.1 Å². The first-order valence-electron chi connectivity index (χ1n) is 9.38. The van der Waals surface area contributed by atoms with Crippen LogP contribution in [0.2, 0.25) is 0 Å². The van der Waals surface area contributed by atoms with Crippen LogP contribution >= 0.6 is 24.0 Å². The summed E-state index contributed by atoms with van der Waals surface area (Å²) >= 11 is 0. The molecule has 154 valence electrons. The first-order valence-corrected chi connectivity index (χ1v) is 9.38. The predicted octanol–water partition coefficient (Wildman–Crippen LogP) is 3.42. The van der Waals surface area contributed by atoms with Crippen LogP contribution < -0.4 is 16.0 Å². The van der Waals surface area contributed by atoms with Crippen LogP contribution in [0.5, 0.6) is 0 Å². The van der Waals surface area contributed by atoms with E-state index in [1.807, 2.05) is 31.2 Å². The third-order valence-corrected chi connectivity index (χ3v) is 4.05. The van der Waals surface area contributed by atoms with E-state index in [0.717, 1.165) is 44.2 Å². The molecule has 1 rings (SSSR count). The Morgan fingerprint density at radius 1 is 1.15 bits per heavy atom. The van der Waals surface area contributed by atoms with Crippen molar-refractivity contribution >= 4 is 41.5 Å². The lowest BCUT2D eigenvalue weighted by molar-refractivity contribution is -0.114. The van der Waals surface area contributed by atoms with Gasteiger partial charge in [0.15, 0.2) is 5.96 Å². The molecule has 1 atom stereocenters. The number of amides is 1. The van der Waals surface area contributed by atoms with E-state index in [-0.39, 0.29) is 36.0 Å². The summed E-state index contributed by atoms with van der Waals surface area (Å²) in [6.45, 7) is 10.3. The molecule has 6 nitrogen and oxygen atoms in total. The second kappa shape index (κ2) is 14.7. The number of benzene rings is 1. The van der Waals surface area contributed by atoms with Crippen molar-refractivity contribution in [3.05, 3.63) is 29.8 Å². The molecule has 0 aliphatic heterocycles. The molecule has 7 heteroatoms. The van der Waals surface area contributed by atoms with E-state index in [0.29, 0.717) is 5.92 Å². The minimum Gasteiger partial charge on any atom is -0.378 e. The number of halogens is 1. The second-order valence-corrected chi connectivity index (χ2v) is 6.58. The normalized spacial score (nSPS) is 12.3. The van der Waals surface area contributed by atoms with Crippen molar-refractivity contribution in [2.24, 2.45) is 10.9 Å². The first kappa shape index (κ1) is 25.6. The zero-order chi connectivity index (χ0) is 19.4. The molecule has 0 aromatic heterocycles. The molecule has 0 bridgehead atoms. The smallest absolute Gasteiger partial charge is 0.221 e. The molecule has 0 radical (unpaired) electrons. The molecule has 0 aliphatic carbocycles. The Balaban J connectivity index is 0.00000676. The lowest BCUT2D eigenvalue weighted by Crippen LogP contribution is -2.40. The van der Waals surface area contributed by atoms with E-state index in [4.69, 9.17) is 4.74 Å². The molecular formula is C20H35IN4O2. The molecule has 27 heavy (non-hydrogen) atoms. The number of nitrogens with zero attached hydrogens (tertiary/aromatic N) is 1. The van der Waals surface area contributed by atoms with E-state index in [1.165, 1.54) is 12.5 Å². The number of hydrogen-bond donors (Lipinski definition) is 3. The molecule has 0 heterocycles. The Morgan fingerprint density at radius 3 is 2.30 bits per heavy atom. The van der Waals surface area contributed by atoms with Crippen LogP contribution in [0.3, 0.4) is 0 Å². The fourth-order valence-corrected chi connectivity index (χ4v) is 2.66. The number of anilines is 1. The second-order valence-electron chi connectivity index (χ2n) is 6.58. The van der Waals surface area contributed by atoms with Gasteiger partial charge >= 0.3 is 0 Å². The summed E-state index contributed by atoms with van der Waals surface area (Å²) in [6.07, 6.45) is 2.11. The maximum absolute atomic E-state index is 11.0. The zero-order valence-corrected chi connectivity index (χ0v) is 19.5. The highest BCUT2D eigenvalue weighted by atomic mass is 127. The Bertz CT molecular complexity index is 562. The number of nitrogens with one attached hydrogen (secondary N) is 3.